The molecule has 2 saturated heterocycles. The number of rotatable bonds is 19. The third-order valence-corrected chi connectivity index (χ3v) is 9.01. The predicted octanol–water partition coefficient (Wildman–Crippen LogP) is 4.69. The Morgan fingerprint density at radius 3 is 0.976 bits per heavy atom. The Labute approximate surface area is 249 Å². The van der Waals surface area contributed by atoms with Gasteiger partial charge >= 0.3 is 23.9 Å². The molecule has 0 spiro atoms. The van der Waals surface area contributed by atoms with Gasteiger partial charge in [0.25, 0.3) is 0 Å². The summed E-state index contributed by atoms with van der Waals surface area (Å²) in [6.07, 6.45) is 11.2. The van der Waals surface area contributed by atoms with Crippen molar-refractivity contribution in [1.82, 2.24) is 0 Å². The standard InChI is InChI=1S/C32H50O10/c1-3-5-7-9-13-37-29(33)21-17-25-27(41-25)19-23(21)31(35)39-15-11-12-16-40-32(36)24-20-28-26(42-28)18-22(24)30(34)38-14-10-8-6-4-2/h21-28H,3-20H2,1-2H3. The van der Waals surface area contributed by atoms with E-state index in [0.29, 0.717) is 51.7 Å². The van der Waals surface area contributed by atoms with E-state index in [1.807, 2.05) is 0 Å². The van der Waals surface area contributed by atoms with Gasteiger partial charge in [-0.2, -0.15) is 0 Å². The summed E-state index contributed by atoms with van der Waals surface area (Å²) in [5.41, 5.74) is 0. The second kappa shape index (κ2) is 16.6. The smallest absolute Gasteiger partial charge is 0.309 e. The number of epoxide rings is 2. The molecule has 0 aromatic heterocycles. The van der Waals surface area contributed by atoms with E-state index in [9.17, 15) is 19.2 Å². The van der Waals surface area contributed by atoms with Crippen LogP contribution in [0, 0.1) is 23.7 Å². The van der Waals surface area contributed by atoms with E-state index < -0.39 is 35.6 Å². The zero-order chi connectivity index (χ0) is 29.9. The zero-order valence-corrected chi connectivity index (χ0v) is 25.4. The van der Waals surface area contributed by atoms with Crippen LogP contribution in [0.25, 0.3) is 0 Å². The number of hydrogen-bond acceptors (Lipinski definition) is 10. The number of hydrogen-bond donors (Lipinski definition) is 0. The molecule has 2 aliphatic carbocycles. The van der Waals surface area contributed by atoms with Gasteiger partial charge in [-0.1, -0.05) is 52.4 Å². The Morgan fingerprint density at radius 1 is 0.452 bits per heavy atom. The molecule has 0 aromatic carbocycles. The molecule has 2 aliphatic heterocycles. The Balaban J connectivity index is 1.12. The molecule has 10 nitrogen and oxygen atoms in total. The topological polar surface area (TPSA) is 130 Å². The van der Waals surface area contributed by atoms with Crippen molar-refractivity contribution >= 4 is 23.9 Å². The van der Waals surface area contributed by atoms with Crippen LogP contribution in [0.3, 0.4) is 0 Å². The van der Waals surface area contributed by atoms with Gasteiger partial charge in [-0.05, 0) is 51.4 Å². The maximum atomic E-state index is 12.9. The van der Waals surface area contributed by atoms with E-state index in [1.54, 1.807) is 0 Å². The molecule has 42 heavy (non-hydrogen) atoms. The van der Waals surface area contributed by atoms with Gasteiger partial charge in [-0.3, -0.25) is 19.2 Å². The lowest BCUT2D eigenvalue weighted by molar-refractivity contribution is -0.163. The highest BCUT2D eigenvalue weighted by Crippen LogP contribution is 2.45. The first-order valence-corrected chi connectivity index (χ1v) is 16.4. The summed E-state index contributed by atoms with van der Waals surface area (Å²) in [5.74, 6) is -3.64. The molecule has 0 aromatic rings. The van der Waals surface area contributed by atoms with Gasteiger partial charge in [0.1, 0.15) is 0 Å². The first kappa shape index (κ1) is 32.7. The van der Waals surface area contributed by atoms with Crippen molar-refractivity contribution in [2.75, 3.05) is 26.4 Å². The van der Waals surface area contributed by atoms with Crippen LogP contribution in [0.2, 0.25) is 0 Å². The van der Waals surface area contributed by atoms with Gasteiger partial charge in [-0.15, -0.1) is 0 Å². The molecule has 4 aliphatic rings. The fourth-order valence-corrected chi connectivity index (χ4v) is 6.27. The first-order chi connectivity index (χ1) is 20.4. The molecule has 0 amide bonds. The van der Waals surface area contributed by atoms with Crippen molar-refractivity contribution in [2.45, 2.75) is 128 Å². The van der Waals surface area contributed by atoms with Crippen molar-refractivity contribution in [3.05, 3.63) is 0 Å². The van der Waals surface area contributed by atoms with E-state index in [2.05, 4.69) is 13.8 Å². The van der Waals surface area contributed by atoms with Crippen molar-refractivity contribution in [3.8, 4) is 0 Å². The van der Waals surface area contributed by atoms with Crippen LogP contribution >= 0.6 is 0 Å². The fourth-order valence-electron chi connectivity index (χ4n) is 6.27. The lowest BCUT2D eigenvalue weighted by Crippen LogP contribution is -2.38. The minimum absolute atomic E-state index is 0.0221. The molecule has 0 N–H and O–H groups in total. The summed E-state index contributed by atoms with van der Waals surface area (Å²) in [6, 6.07) is 0. The molecule has 238 valence electrons. The molecule has 8 unspecified atom stereocenters. The van der Waals surface area contributed by atoms with Gasteiger partial charge in [0.05, 0.1) is 74.5 Å². The third-order valence-electron chi connectivity index (χ3n) is 9.01. The van der Waals surface area contributed by atoms with Crippen LogP contribution in [-0.2, 0) is 47.6 Å². The molecule has 4 rings (SSSR count). The van der Waals surface area contributed by atoms with Crippen LogP contribution < -0.4 is 0 Å². The van der Waals surface area contributed by atoms with E-state index in [0.717, 1.165) is 51.4 Å². The normalized spacial score (nSPS) is 30.8. The number of esters is 4. The molecule has 0 bridgehead atoms. The Morgan fingerprint density at radius 2 is 0.714 bits per heavy atom. The quantitative estimate of drug-likeness (QED) is 0.0899. The molecule has 2 heterocycles. The largest absolute Gasteiger partial charge is 0.465 e. The van der Waals surface area contributed by atoms with Crippen LogP contribution in [0.1, 0.15) is 104 Å². The Kier molecular flexibility index (Phi) is 12.9. The number of unbranched alkanes of at least 4 members (excludes halogenated alkanes) is 7. The van der Waals surface area contributed by atoms with Crippen molar-refractivity contribution in [2.24, 2.45) is 23.7 Å². The lowest BCUT2D eigenvalue weighted by atomic mass is 9.79. The highest BCUT2D eigenvalue weighted by molar-refractivity contribution is 5.83. The van der Waals surface area contributed by atoms with Crippen molar-refractivity contribution in [3.63, 3.8) is 0 Å². The zero-order valence-electron chi connectivity index (χ0n) is 25.4. The lowest BCUT2D eigenvalue weighted by Gasteiger charge is -2.26. The minimum atomic E-state index is -0.558. The molecule has 2 saturated carbocycles. The summed E-state index contributed by atoms with van der Waals surface area (Å²) < 4.78 is 33.2. The van der Waals surface area contributed by atoms with Gasteiger partial charge < -0.3 is 28.4 Å². The van der Waals surface area contributed by atoms with E-state index in [-0.39, 0.29) is 49.6 Å². The van der Waals surface area contributed by atoms with Gasteiger partial charge in [-0.25, -0.2) is 0 Å². The van der Waals surface area contributed by atoms with Crippen molar-refractivity contribution in [1.29, 1.82) is 0 Å². The summed E-state index contributed by atoms with van der Waals surface area (Å²) in [5, 5.41) is 0. The number of fused-ring (bicyclic) bond motifs is 2. The second-order valence-corrected chi connectivity index (χ2v) is 12.3. The maximum Gasteiger partial charge on any atom is 0.309 e. The number of ether oxygens (including phenoxy) is 6. The fraction of sp³-hybridized carbons (Fsp3) is 0.875. The number of carbonyl (C=O) groups excluding carboxylic acids is 4. The van der Waals surface area contributed by atoms with E-state index in [4.69, 9.17) is 28.4 Å². The summed E-state index contributed by atoms with van der Waals surface area (Å²) in [4.78, 5) is 51.2. The SMILES string of the molecule is CCCCCCOC(=O)C1CC2OC2CC1C(=O)OCCCCOC(=O)C1CC2OC2CC1C(=O)OCCCCCC. The van der Waals surface area contributed by atoms with E-state index >= 15 is 0 Å². The average Bonchev–Trinajstić information content (AvgIpc) is 3.91. The Hall–Kier alpha value is -2.20. The van der Waals surface area contributed by atoms with Crippen molar-refractivity contribution < 1.29 is 47.6 Å². The number of carbonyl (C=O) groups is 4. The monoisotopic (exact) mass is 594 g/mol. The highest BCUT2D eigenvalue weighted by Gasteiger charge is 2.54. The summed E-state index contributed by atoms with van der Waals surface area (Å²) in [7, 11) is 0. The molecule has 8 atom stereocenters. The maximum absolute atomic E-state index is 12.9. The van der Waals surface area contributed by atoms with Crippen LogP contribution in [0.5, 0.6) is 0 Å². The van der Waals surface area contributed by atoms with Gasteiger partial charge in [0.15, 0.2) is 0 Å². The van der Waals surface area contributed by atoms with Gasteiger partial charge in [0.2, 0.25) is 0 Å². The molecule has 0 radical (unpaired) electrons. The van der Waals surface area contributed by atoms with Gasteiger partial charge in [0, 0.05) is 0 Å². The summed E-state index contributed by atoms with van der Waals surface area (Å²) >= 11 is 0. The van der Waals surface area contributed by atoms with Crippen LogP contribution in [-0.4, -0.2) is 74.7 Å². The predicted molar refractivity (Wildman–Crippen MR) is 151 cm³/mol. The Bertz CT molecular complexity index is 834. The minimum Gasteiger partial charge on any atom is -0.465 e. The molecule has 4 fully saturated rings. The van der Waals surface area contributed by atoms with E-state index in [1.165, 1.54) is 0 Å². The average molecular weight is 595 g/mol. The summed E-state index contributed by atoms with van der Waals surface area (Å²) in [6.45, 7) is 5.36. The molecule has 10 heteroatoms. The third kappa shape index (κ3) is 9.66. The van der Waals surface area contributed by atoms with Crippen LogP contribution in [0.15, 0.2) is 0 Å². The highest BCUT2D eigenvalue weighted by atomic mass is 16.6. The molecular formula is C32H50O10. The first-order valence-electron chi connectivity index (χ1n) is 16.4. The molecular weight excluding hydrogens is 544 g/mol. The second-order valence-electron chi connectivity index (χ2n) is 12.3. The van der Waals surface area contributed by atoms with Crippen LogP contribution in [0.4, 0.5) is 0 Å².